The van der Waals surface area contributed by atoms with Crippen LogP contribution in [0.25, 0.3) is 0 Å². The number of rotatable bonds is 8. The number of benzene rings is 1. The largest absolute Gasteiger partial charge is 0.478 e. The van der Waals surface area contributed by atoms with E-state index < -0.39 is 46.3 Å². The van der Waals surface area contributed by atoms with Gasteiger partial charge >= 0.3 is 18.1 Å². The molecule has 1 aliphatic heterocycles. The van der Waals surface area contributed by atoms with E-state index in [-0.39, 0.29) is 24.1 Å². The third kappa shape index (κ3) is 5.06. The summed E-state index contributed by atoms with van der Waals surface area (Å²) in [7, 11) is 0. The van der Waals surface area contributed by atoms with Crippen molar-refractivity contribution in [1.82, 2.24) is 15.6 Å². The van der Waals surface area contributed by atoms with Crippen LogP contribution in [0.5, 0.6) is 0 Å². The molecule has 1 aromatic rings. The Balaban J connectivity index is 2.67. The first-order chi connectivity index (χ1) is 14.4. The van der Waals surface area contributed by atoms with Crippen molar-refractivity contribution in [3.05, 3.63) is 57.9 Å². The highest BCUT2D eigenvalue weighted by Crippen LogP contribution is 2.45. The van der Waals surface area contributed by atoms with Crippen LogP contribution < -0.4 is 16.6 Å². The Morgan fingerprint density at radius 3 is 2.10 bits per heavy atom. The number of hydrogen-bond donors (Lipinski definition) is 5. The van der Waals surface area contributed by atoms with Crippen LogP contribution in [0, 0.1) is 0 Å². The first kappa shape index (κ1) is 24.4. The van der Waals surface area contributed by atoms with Crippen LogP contribution in [0.4, 0.5) is 13.2 Å². The first-order valence-electron chi connectivity index (χ1n) is 9.43. The standard InChI is InChI=1S/C20H25F3N4O4/c1-10-15(18(28)29)17(13-6-4-5-7-14(13)20(21,22)23)16(19(30)31)11(2)27(10)9-8-25-12(3)26-24/h4-7,12,17,25-26H,8-9,24H2,1-3H3,(H,28,29)(H,30,31). The van der Waals surface area contributed by atoms with E-state index in [9.17, 15) is 33.0 Å². The third-order valence-corrected chi connectivity index (χ3v) is 5.24. The molecular weight excluding hydrogens is 417 g/mol. The highest BCUT2D eigenvalue weighted by Gasteiger charge is 2.43. The predicted octanol–water partition coefficient (Wildman–Crippen LogP) is 2.22. The van der Waals surface area contributed by atoms with E-state index in [0.717, 1.165) is 12.1 Å². The average Bonchev–Trinajstić information content (AvgIpc) is 2.68. The fourth-order valence-corrected chi connectivity index (χ4v) is 3.77. The second kappa shape index (κ2) is 9.50. The molecule has 31 heavy (non-hydrogen) atoms. The summed E-state index contributed by atoms with van der Waals surface area (Å²) in [5, 5.41) is 22.7. The van der Waals surface area contributed by atoms with Gasteiger partial charge in [-0.25, -0.2) is 15.0 Å². The van der Waals surface area contributed by atoms with Gasteiger partial charge in [-0.05, 0) is 32.4 Å². The van der Waals surface area contributed by atoms with Crippen LogP contribution in [0.1, 0.15) is 37.8 Å². The van der Waals surface area contributed by atoms with E-state index in [4.69, 9.17) is 5.84 Å². The number of nitrogens with zero attached hydrogens (tertiary/aromatic N) is 1. The molecule has 0 fully saturated rings. The second-order valence-electron chi connectivity index (χ2n) is 7.12. The zero-order valence-electron chi connectivity index (χ0n) is 17.2. The second-order valence-corrected chi connectivity index (χ2v) is 7.12. The normalized spacial score (nSPS) is 16.7. The van der Waals surface area contributed by atoms with Crippen LogP contribution in [0.3, 0.4) is 0 Å². The van der Waals surface area contributed by atoms with E-state index in [1.165, 1.54) is 30.9 Å². The number of allylic oxidation sites excluding steroid dienone is 2. The van der Waals surface area contributed by atoms with Crippen molar-refractivity contribution in [2.75, 3.05) is 13.1 Å². The van der Waals surface area contributed by atoms with Gasteiger partial charge < -0.3 is 15.1 Å². The molecule has 1 heterocycles. The van der Waals surface area contributed by atoms with E-state index >= 15 is 0 Å². The van der Waals surface area contributed by atoms with Crippen molar-refractivity contribution >= 4 is 11.9 Å². The Labute approximate surface area is 177 Å². The molecule has 1 atom stereocenters. The lowest BCUT2D eigenvalue weighted by Gasteiger charge is -2.37. The molecule has 0 radical (unpaired) electrons. The summed E-state index contributed by atoms with van der Waals surface area (Å²) < 4.78 is 40.9. The summed E-state index contributed by atoms with van der Waals surface area (Å²) >= 11 is 0. The molecule has 1 aromatic carbocycles. The number of carboxylic acids is 2. The van der Waals surface area contributed by atoms with Crippen molar-refractivity contribution in [3.8, 4) is 0 Å². The molecule has 0 bridgehead atoms. The number of alkyl halides is 3. The highest BCUT2D eigenvalue weighted by molar-refractivity contribution is 5.98. The van der Waals surface area contributed by atoms with Gasteiger partial charge in [-0.3, -0.25) is 11.2 Å². The van der Waals surface area contributed by atoms with Gasteiger partial charge in [0.2, 0.25) is 0 Å². The van der Waals surface area contributed by atoms with Gasteiger partial charge in [0, 0.05) is 24.5 Å². The maximum Gasteiger partial charge on any atom is 0.416 e. The number of hydrazine groups is 1. The van der Waals surface area contributed by atoms with Gasteiger partial charge in [-0.1, -0.05) is 18.2 Å². The number of halogens is 3. The summed E-state index contributed by atoms with van der Waals surface area (Å²) in [4.78, 5) is 25.8. The van der Waals surface area contributed by atoms with Crippen molar-refractivity contribution in [1.29, 1.82) is 0 Å². The molecule has 6 N–H and O–H groups in total. The van der Waals surface area contributed by atoms with Crippen LogP contribution in [-0.4, -0.2) is 46.3 Å². The van der Waals surface area contributed by atoms with Crippen molar-refractivity contribution in [2.24, 2.45) is 5.84 Å². The fraction of sp³-hybridized carbons (Fsp3) is 0.400. The summed E-state index contributed by atoms with van der Waals surface area (Å²) in [5.41, 5.74) is 0.514. The van der Waals surface area contributed by atoms with Crippen molar-refractivity contribution < 1.29 is 33.0 Å². The van der Waals surface area contributed by atoms with E-state index in [2.05, 4.69) is 10.7 Å². The number of nitrogens with two attached hydrogens (primary N) is 1. The van der Waals surface area contributed by atoms with Crippen LogP contribution in [0.15, 0.2) is 46.8 Å². The third-order valence-electron chi connectivity index (χ3n) is 5.24. The summed E-state index contributed by atoms with van der Waals surface area (Å²) in [6.07, 6.45) is -5.04. The molecule has 0 aromatic heterocycles. The molecule has 0 saturated heterocycles. The maximum absolute atomic E-state index is 13.6. The van der Waals surface area contributed by atoms with E-state index in [1.54, 1.807) is 6.92 Å². The lowest BCUT2D eigenvalue weighted by Crippen LogP contribution is -2.46. The molecule has 0 amide bonds. The van der Waals surface area contributed by atoms with Gasteiger partial charge in [-0.2, -0.15) is 13.2 Å². The maximum atomic E-state index is 13.6. The van der Waals surface area contributed by atoms with Crippen molar-refractivity contribution in [2.45, 2.75) is 39.0 Å². The zero-order chi connectivity index (χ0) is 23.5. The molecule has 0 aliphatic carbocycles. The number of hydrogen-bond acceptors (Lipinski definition) is 6. The zero-order valence-corrected chi connectivity index (χ0v) is 17.2. The fourth-order valence-electron chi connectivity index (χ4n) is 3.77. The molecule has 0 spiro atoms. The smallest absolute Gasteiger partial charge is 0.416 e. The van der Waals surface area contributed by atoms with Gasteiger partial charge in [0.05, 0.1) is 28.8 Å². The molecule has 170 valence electrons. The Bertz CT molecular complexity index is 889. The van der Waals surface area contributed by atoms with Crippen LogP contribution in [0.2, 0.25) is 0 Å². The van der Waals surface area contributed by atoms with E-state index in [1.807, 2.05) is 0 Å². The molecular formula is C20H25F3N4O4. The summed E-state index contributed by atoms with van der Waals surface area (Å²) in [5.74, 6) is 0.756. The number of carboxylic acid groups (broad SMARTS) is 2. The highest BCUT2D eigenvalue weighted by atomic mass is 19.4. The SMILES string of the molecule is CC1=C(C(=O)O)C(c2ccccc2C(F)(F)F)C(C(=O)O)=C(C)N1CCNC(C)NN. The molecule has 1 aliphatic rings. The Kier molecular flexibility index (Phi) is 7.47. The Morgan fingerprint density at radius 1 is 1.13 bits per heavy atom. The molecule has 8 nitrogen and oxygen atoms in total. The van der Waals surface area contributed by atoms with Crippen LogP contribution >= 0.6 is 0 Å². The average molecular weight is 442 g/mol. The molecule has 1 unspecified atom stereocenters. The van der Waals surface area contributed by atoms with Gasteiger partial charge in [0.15, 0.2) is 0 Å². The Morgan fingerprint density at radius 2 is 1.65 bits per heavy atom. The Hall–Kier alpha value is -2.89. The lowest BCUT2D eigenvalue weighted by molar-refractivity contribution is -0.139. The molecule has 11 heteroatoms. The summed E-state index contributed by atoms with van der Waals surface area (Å²) in [6.45, 7) is 5.16. The minimum absolute atomic E-state index is 0.173. The number of aliphatic carboxylic acids is 2. The first-order valence-corrected chi connectivity index (χ1v) is 9.43. The van der Waals surface area contributed by atoms with Crippen LogP contribution in [-0.2, 0) is 15.8 Å². The molecule has 2 rings (SSSR count). The van der Waals surface area contributed by atoms with Crippen molar-refractivity contribution in [3.63, 3.8) is 0 Å². The monoisotopic (exact) mass is 442 g/mol. The quantitative estimate of drug-likeness (QED) is 0.236. The number of carbonyl (C=O) groups is 2. The van der Waals surface area contributed by atoms with Gasteiger partial charge in [0.1, 0.15) is 0 Å². The van der Waals surface area contributed by atoms with E-state index in [0.29, 0.717) is 6.54 Å². The van der Waals surface area contributed by atoms with Gasteiger partial charge in [0.25, 0.3) is 0 Å². The topological polar surface area (TPSA) is 128 Å². The minimum Gasteiger partial charge on any atom is -0.478 e. The number of nitrogens with one attached hydrogen (secondary N) is 2. The summed E-state index contributed by atoms with van der Waals surface area (Å²) in [6, 6.07) is 4.43. The van der Waals surface area contributed by atoms with Gasteiger partial charge in [-0.15, -0.1) is 0 Å². The predicted molar refractivity (Wildman–Crippen MR) is 106 cm³/mol. The lowest BCUT2D eigenvalue weighted by atomic mass is 9.78. The minimum atomic E-state index is -4.78. The molecule has 0 saturated carbocycles.